The summed E-state index contributed by atoms with van der Waals surface area (Å²) in [7, 11) is 0. The van der Waals surface area contributed by atoms with Crippen LogP contribution in [0.25, 0.3) is 0 Å². The third-order valence-electron chi connectivity index (χ3n) is 2.73. The molecule has 2 atom stereocenters. The Morgan fingerprint density at radius 1 is 1.54 bits per heavy atom. The Bertz CT molecular complexity index is 139. The lowest BCUT2D eigenvalue weighted by Gasteiger charge is -2.35. The summed E-state index contributed by atoms with van der Waals surface area (Å²) in [6.07, 6.45) is 4.05. The molecule has 13 heavy (non-hydrogen) atoms. The summed E-state index contributed by atoms with van der Waals surface area (Å²) in [5.41, 5.74) is 0. The fourth-order valence-electron chi connectivity index (χ4n) is 2.12. The number of likely N-dealkylation sites (tertiary alicyclic amines) is 1. The normalized spacial score (nSPS) is 27.5. The van der Waals surface area contributed by atoms with Crippen molar-refractivity contribution in [1.82, 2.24) is 4.90 Å². The van der Waals surface area contributed by atoms with Crippen molar-refractivity contribution in [2.24, 2.45) is 0 Å². The highest BCUT2D eigenvalue weighted by Gasteiger charge is 2.22. The largest absolute Gasteiger partial charge is 0.393 e. The molecule has 1 fully saturated rings. The quantitative estimate of drug-likeness (QED) is 0.726. The van der Waals surface area contributed by atoms with Crippen molar-refractivity contribution in [2.75, 3.05) is 19.8 Å². The molecule has 1 heterocycles. The summed E-state index contributed by atoms with van der Waals surface area (Å²) in [4.78, 5) is 2.18. The van der Waals surface area contributed by atoms with Gasteiger partial charge in [0.2, 0.25) is 0 Å². The van der Waals surface area contributed by atoms with E-state index in [9.17, 15) is 9.50 Å². The maximum Gasteiger partial charge on any atom is 0.102 e. The Labute approximate surface area is 79.7 Å². The van der Waals surface area contributed by atoms with Gasteiger partial charge in [-0.1, -0.05) is 6.42 Å². The van der Waals surface area contributed by atoms with Crippen LogP contribution in [0, 0.1) is 0 Å². The lowest BCUT2D eigenvalue weighted by molar-refractivity contribution is 0.0823. The van der Waals surface area contributed by atoms with Gasteiger partial charge in [0.15, 0.2) is 0 Å². The van der Waals surface area contributed by atoms with Gasteiger partial charge in [-0.15, -0.1) is 0 Å². The molecule has 1 aliphatic heterocycles. The highest BCUT2D eigenvalue weighted by atomic mass is 19.1. The molecule has 2 unspecified atom stereocenters. The van der Waals surface area contributed by atoms with E-state index in [0.717, 1.165) is 19.4 Å². The van der Waals surface area contributed by atoms with Gasteiger partial charge in [0, 0.05) is 12.6 Å². The van der Waals surface area contributed by atoms with Gasteiger partial charge in [0.25, 0.3) is 0 Å². The fraction of sp³-hybridized carbons (Fsp3) is 1.00. The first-order valence-electron chi connectivity index (χ1n) is 5.22. The number of halogens is 1. The van der Waals surface area contributed by atoms with Gasteiger partial charge < -0.3 is 5.11 Å². The Balaban J connectivity index is 2.36. The van der Waals surface area contributed by atoms with Crippen LogP contribution in [0.4, 0.5) is 4.39 Å². The number of hydrogen-bond acceptors (Lipinski definition) is 2. The highest BCUT2D eigenvalue weighted by molar-refractivity contribution is 4.78. The predicted molar refractivity (Wildman–Crippen MR) is 51.5 cm³/mol. The van der Waals surface area contributed by atoms with Crippen molar-refractivity contribution in [3.63, 3.8) is 0 Å². The first kappa shape index (κ1) is 10.9. The van der Waals surface area contributed by atoms with Crippen molar-refractivity contribution in [1.29, 1.82) is 0 Å². The topological polar surface area (TPSA) is 23.5 Å². The number of alkyl halides is 1. The van der Waals surface area contributed by atoms with E-state index in [1.165, 1.54) is 12.8 Å². The average molecular weight is 189 g/mol. The molecule has 1 N–H and O–H groups in total. The standard InChI is InChI=1S/C10H20FNO/c1-9(13)8-10-4-2-3-6-12(10)7-5-11/h9-10,13H,2-8H2,1H3. The minimum Gasteiger partial charge on any atom is -0.393 e. The Hall–Kier alpha value is -0.150. The first-order valence-corrected chi connectivity index (χ1v) is 5.22. The highest BCUT2D eigenvalue weighted by Crippen LogP contribution is 2.20. The second kappa shape index (κ2) is 5.55. The van der Waals surface area contributed by atoms with Crippen molar-refractivity contribution in [2.45, 2.75) is 44.8 Å². The van der Waals surface area contributed by atoms with Crippen molar-refractivity contribution < 1.29 is 9.50 Å². The Morgan fingerprint density at radius 2 is 2.31 bits per heavy atom. The monoisotopic (exact) mass is 189 g/mol. The second-order valence-electron chi connectivity index (χ2n) is 3.96. The summed E-state index contributed by atoms with van der Waals surface area (Å²) in [6.45, 7) is 3.08. The lowest BCUT2D eigenvalue weighted by Crippen LogP contribution is -2.42. The molecule has 1 saturated heterocycles. The van der Waals surface area contributed by atoms with Crippen LogP contribution in [-0.4, -0.2) is 41.9 Å². The summed E-state index contributed by atoms with van der Waals surface area (Å²) >= 11 is 0. The molecule has 0 saturated carbocycles. The van der Waals surface area contributed by atoms with Gasteiger partial charge >= 0.3 is 0 Å². The first-order chi connectivity index (χ1) is 6.24. The van der Waals surface area contributed by atoms with E-state index in [-0.39, 0.29) is 12.8 Å². The number of aliphatic hydroxyl groups excluding tert-OH is 1. The van der Waals surface area contributed by atoms with E-state index >= 15 is 0 Å². The molecule has 0 aromatic carbocycles. The van der Waals surface area contributed by atoms with Crippen LogP contribution >= 0.6 is 0 Å². The molecule has 1 aliphatic rings. The van der Waals surface area contributed by atoms with Crippen LogP contribution in [0.2, 0.25) is 0 Å². The molecule has 0 aliphatic carbocycles. The van der Waals surface area contributed by atoms with Crippen LogP contribution < -0.4 is 0 Å². The van der Waals surface area contributed by atoms with Crippen molar-refractivity contribution in [3.05, 3.63) is 0 Å². The van der Waals surface area contributed by atoms with E-state index in [2.05, 4.69) is 4.90 Å². The zero-order chi connectivity index (χ0) is 9.68. The Kier molecular flexibility index (Phi) is 4.67. The summed E-state index contributed by atoms with van der Waals surface area (Å²) < 4.78 is 12.2. The molecule has 0 bridgehead atoms. The van der Waals surface area contributed by atoms with Gasteiger partial charge in [0.05, 0.1) is 6.10 Å². The van der Waals surface area contributed by atoms with Gasteiger partial charge in [0.1, 0.15) is 6.67 Å². The van der Waals surface area contributed by atoms with Crippen LogP contribution in [0.15, 0.2) is 0 Å². The summed E-state index contributed by atoms with van der Waals surface area (Å²) in [5.74, 6) is 0. The van der Waals surface area contributed by atoms with Gasteiger partial charge in [-0.2, -0.15) is 0 Å². The van der Waals surface area contributed by atoms with Crippen LogP contribution in [0.5, 0.6) is 0 Å². The molecule has 0 aromatic rings. The fourth-order valence-corrected chi connectivity index (χ4v) is 2.12. The minimum absolute atomic E-state index is 0.259. The van der Waals surface area contributed by atoms with Crippen molar-refractivity contribution in [3.8, 4) is 0 Å². The van der Waals surface area contributed by atoms with Crippen LogP contribution in [-0.2, 0) is 0 Å². The zero-order valence-electron chi connectivity index (χ0n) is 8.38. The van der Waals surface area contributed by atoms with E-state index in [0.29, 0.717) is 12.6 Å². The average Bonchev–Trinajstić information content (AvgIpc) is 2.08. The Morgan fingerprint density at radius 3 is 2.92 bits per heavy atom. The number of rotatable bonds is 4. The number of piperidine rings is 1. The molecule has 78 valence electrons. The lowest BCUT2D eigenvalue weighted by atomic mass is 9.97. The third-order valence-corrected chi connectivity index (χ3v) is 2.73. The van der Waals surface area contributed by atoms with Crippen molar-refractivity contribution >= 4 is 0 Å². The summed E-state index contributed by atoms with van der Waals surface area (Å²) in [6, 6.07) is 0.407. The molecule has 1 rings (SSSR count). The zero-order valence-corrected chi connectivity index (χ0v) is 8.38. The molecule has 0 amide bonds. The maximum atomic E-state index is 12.2. The molecular formula is C10H20FNO. The number of nitrogens with zero attached hydrogens (tertiary/aromatic N) is 1. The molecule has 2 nitrogen and oxygen atoms in total. The molecule has 3 heteroatoms. The SMILES string of the molecule is CC(O)CC1CCCCN1CCF. The molecule has 0 radical (unpaired) electrons. The van der Waals surface area contributed by atoms with Gasteiger partial charge in [-0.05, 0) is 32.7 Å². The summed E-state index contributed by atoms with van der Waals surface area (Å²) in [5, 5.41) is 9.27. The maximum absolute atomic E-state index is 12.2. The third kappa shape index (κ3) is 3.61. The number of hydrogen-bond donors (Lipinski definition) is 1. The minimum atomic E-state index is -0.268. The number of aliphatic hydroxyl groups is 1. The molecular weight excluding hydrogens is 169 g/mol. The van der Waals surface area contributed by atoms with E-state index in [4.69, 9.17) is 0 Å². The van der Waals surface area contributed by atoms with E-state index < -0.39 is 0 Å². The molecule has 0 aromatic heterocycles. The predicted octanol–water partition coefficient (Wildman–Crippen LogP) is 1.58. The van der Waals surface area contributed by atoms with Crippen LogP contribution in [0.1, 0.15) is 32.6 Å². The van der Waals surface area contributed by atoms with Gasteiger partial charge in [-0.25, -0.2) is 4.39 Å². The smallest absolute Gasteiger partial charge is 0.102 e. The van der Waals surface area contributed by atoms with E-state index in [1.807, 2.05) is 6.92 Å². The van der Waals surface area contributed by atoms with E-state index in [1.54, 1.807) is 0 Å². The molecule has 0 spiro atoms. The van der Waals surface area contributed by atoms with Crippen LogP contribution in [0.3, 0.4) is 0 Å². The second-order valence-corrected chi connectivity index (χ2v) is 3.96. The van der Waals surface area contributed by atoms with Gasteiger partial charge in [-0.3, -0.25) is 4.90 Å².